The van der Waals surface area contributed by atoms with E-state index in [1.807, 2.05) is 6.20 Å². The summed E-state index contributed by atoms with van der Waals surface area (Å²) in [4.78, 5) is 7.27. The Morgan fingerprint density at radius 3 is 3.29 bits per heavy atom. The largest absolute Gasteiger partial charge is 0.348 e. The van der Waals surface area contributed by atoms with Crippen molar-refractivity contribution in [3.8, 4) is 0 Å². The zero-order valence-corrected chi connectivity index (χ0v) is 9.36. The summed E-state index contributed by atoms with van der Waals surface area (Å²) in [6.07, 6.45) is 6.36. The molecule has 4 heteroatoms. The van der Waals surface area contributed by atoms with Crippen LogP contribution in [-0.4, -0.2) is 27.0 Å². The van der Waals surface area contributed by atoms with E-state index >= 15 is 0 Å². The average molecular weight is 211 g/mol. The highest BCUT2D eigenvalue weighted by Crippen LogP contribution is 2.36. The Bertz CT molecular complexity index is 265. The van der Waals surface area contributed by atoms with Crippen molar-refractivity contribution in [3.63, 3.8) is 0 Å². The van der Waals surface area contributed by atoms with Crippen molar-refractivity contribution < 1.29 is 0 Å². The second-order valence-corrected chi connectivity index (χ2v) is 5.72. The second kappa shape index (κ2) is 4.36. The number of thioether (sulfide) groups is 1. The minimum absolute atomic E-state index is 0.451. The monoisotopic (exact) mass is 211 g/mol. The summed E-state index contributed by atoms with van der Waals surface area (Å²) in [6, 6.07) is 0. The summed E-state index contributed by atoms with van der Waals surface area (Å²) in [7, 11) is 0. The Morgan fingerprint density at radius 1 is 1.71 bits per heavy atom. The highest BCUT2D eigenvalue weighted by Gasteiger charge is 2.28. The molecular weight excluding hydrogens is 194 g/mol. The van der Waals surface area contributed by atoms with Crippen LogP contribution in [0.5, 0.6) is 0 Å². The summed E-state index contributed by atoms with van der Waals surface area (Å²) in [6.45, 7) is 4.28. The van der Waals surface area contributed by atoms with Gasteiger partial charge in [0.05, 0.1) is 6.54 Å². The van der Waals surface area contributed by atoms with Crippen molar-refractivity contribution >= 4 is 11.8 Å². The number of aromatic nitrogens is 2. The third kappa shape index (κ3) is 2.51. The second-order valence-electron chi connectivity index (χ2n) is 4.04. The maximum atomic E-state index is 4.18. The molecular formula is C10H17N3S. The van der Waals surface area contributed by atoms with E-state index in [0.29, 0.717) is 4.75 Å². The first-order valence-corrected chi connectivity index (χ1v) is 6.10. The molecule has 1 aliphatic rings. The van der Waals surface area contributed by atoms with Crippen molar-refractivity contribution in [2.75, 3.05) is 12.3 Å². The van der Waals surface area contributed by atoms with Crippen LogP contribution < -0.4 is 5.32 Å². The lowest BCUT2D eigenvalue weighted by molar-refractivity contribution is 0.531. The Hall–Kier alpha value is -0.480. The Morgan fingerprint density at radius 2 is 2.64 bits per heavy atom. The molecule has 78 valence electrons. The Labute approximate surface area is 89.1 Å². The zero-order chi connectivity index (χ0) is 9.86. The minimum Gasteiger partial charge on any atom is -0.348 e. The molecule has 0 aromatic carbocycles. The number of nitrogens with one attached hydrogen (secondary N) is 2. The fourth-order valence-electron chi connectivity index (χ4n) is 1.82. The van der Waals surface area contributed by atoms with Gasteiger partial charge in [0.2, 0.25) is 0 Å². The van der Waals surface area contributed by atoms with E-state index in [4.69, 9.17) is 0 Å². The van der Waals surface area contributed by atoms with Gasteiger partial charge in [-0.15, -0.1) is 0 Å². The molecule has 1 aromatic heterocycles. The van der Waals surface area contributed by atoms with Gasteiger partial charge in [0.25, 0.3) is 0 Å². The first kappa shape index (κ1) is 10.1. The Balaban J connectivity index is 1.72. The van der Waals surface area contributed by atoms with Crippen molar-refractivity contribution in [1.82, 2.24) is 15.3 Å². The first-order chi connectivity index (χ1) is 6.79. The number of imidazole rings is 1. The summed E-state index contributed by atoms with van der Waals surface area (Å²) < 4.78 is 0.451. The number of hydrogen-bond donors (Lipinski definition) is 2. The lowest BCUT2D eigenvalue weighted by Gasteiger charge is -2.22. The molecule has 14 heavy (non-hydrogen) atoms. The van der Waals surface area contributed by atoms with Gasteiger partial charge in [0, 0.05) is 23.7 Å². The standard InChI is InChI=1S/C10H17N3S/c1-10(3-2-6-14-10)8-11-7-9-12-4-5-13-9/h4-5,11H,2-3,6-8H2,1H3,(H,12,13). The van der Waals surface area contributed by atoms with E-state index in [-0.39, 0.29) is 0 Å². The molecule has 0 saturated carbocycles. The number of H-pyrrole nitrogens is 1. The van der Waals surface area contributed by atoms with Gasteiger partial charge >= 0.3 is 0 Å². The number of nitrogens with zero attached hydrogens (tertiary/aromatic N) is 1. The molecule has 2 rings (SSSR count). The van der Waals surface area contributed by atoms with Gasteiger partial charge in [-0.05, 0) is 25.5 Å². The molecule has 1 aromatic rings. The molecule has 3 nitrogen and oxygen atoms in total. The van der Waals surface area contributed by atoms with Crippen LogP contribution >= 0.6 is 11.8 Å². The number of rotatable bonds is 4. The average Bonchev–Trinajstić information content (AvgIpc) is 2.77. The van der Waals surface area contributed by atoms with Crippen LogP contribution in [0, 0.1) is 0 Å². The highest BCUT2D eigenvalue weighted by molar-refractivity contribution is 8.00. The van der Waals surface area contributed by atoms with Gasteiger partial charge in [-0.25, -0.2) is 4.98 Å². The van der Waals surface area contributed by atoms with E-state index in [2.05, 4.69) is 34.0 Å². The van der Waals surface area contributed by atoms with Crippen LogP contribution in [0.4, 0.5) is 0 Å². The topological polar surface area (TPSA) is 40.7 Å². The van der Waals surface area contributed by atoms with Gasteiger partial charge in [0.15, 0.2) is 0 Å². The van der Waals surface area contributed by atoms with E-state index in [0.717, 1.165) is 18.9 Å². The molecule has 2 N–H and O–H groups in total. The molecule has 0 spiro atoms. The molecule has 1 unspecified atom stereocenters. The van der Waals surface area contributed by atoms with Crippen molar-refractivity contribution in [3.05, 3.63) is 18.2 Å². The van der Waals surface area contributed by atoms with Crippen LogP contribution in [0.25, 0.3) is 0 Å². The molecule has 1 atom stereocenters. The van der Waals surface area contributed by atoms with Crippen LogP contribution in [0.1, 0.15) is 25.6 Å². The van der Waals surface area contributed by atoms with Gasteiger partial charge in [0.1, 0.15) is 5.82 Å². The maximum absolute atomic E-state index is 4.18. The summed E-state index contributed by atoms with van der Waals surface area (Å²) in [5.41, 5.74) is 0. The number of hydrogen-bond acceptors (Lipinski definition) is 3. The van der Waals surface area contributed by atoms with Gasteiger partial charge in [-0.3, -0.25) is 0 Å². The molecule has 1 aliphatic heterocycles. The normalized spacial score (nSPS) is 26.9. The number of aromatic amines is 1. The third-order valence-electron chi connectivity index (χ3n) is 2.65. The SMILES string of the molecule is CC1(CNCc2ncc[nH]2)CCCS1. The molecule has 1 saturated heterocycles. The fourth-order valence-corrected chi connectivity index (χ4v) is 3.09. The molecule has 0 radical (unpaired) electrons. The maximum Gasteiger partial charge on any atom is 0.120 e. The molecule has 1 fully saturated rings. The highest BCUT2D eigenvalue weighted by atomic mass is 32.2. The molecule has 2 heterocycles. The first-order valence-electron chi connectivity index (χ1n) is 5.11. The van der Waals surface area contributed by atoms with Gasteiger partial charge in [-0.2, -0.15) is 11.8 Å². The molecule has 0 aliphatic carbocycles. The quantitative estimate of drug-likeness (QED) is 0.797. The van der Waals surface area contributed by atoms with Gasteiger partial charge < -0.3 is 10.3 Å². The van der Waals surface area contributed by atoms with Crippen LogP contribution in [0.15, 0.2) is 12.4 Å². The van der Waals surface area contributed by atoms with Gasteiger partial charge in [-0.1, -0.05) is 0 Å². The van der Waals surface area contributed by atoms with Crippen molar-refractivity contribution in [2.24, 2.45) is 0 Å². The molecule has 0 amide bonds. The van der Waals surface area contributed by atoms with E-state index in [9.17, 15) is 0 Å². The minimum atomic E-state index is 0.451. The molecule has 0 bridgehead atoms. The lowest BCUT2D eigenvalue weighted by Crippen LogP contribution is -2.32. The van der Waals surface area contributed by atoms with E-state index in [1.165, 1.54) is 18.6 Å². The smallest absolute Gasteiger partial charge is 0.120 e. The van der Waals surface area contributed by atoms with E-state index < -0.39 is 0 Å². The van der Waals surface area contributed by atoms with Crippen LogP contribution in [-0.2, 0) is 6.54 Å². The summed E-state index contributed by atoms with van der Waals surface area (Å²) in [5, 5.41) is 3.46. The van der Waals surface area contributed by atoms with Crippen LogP contribution in [0.3, 0.4) is 0 Å². The predicted molar refractivity (Wildman–Crippen MR) is 60.4 cm³/mol. The predicted octanol–water partition coefficient (Wildman–Crippen LogP) is 1.79. The van der Waals surface area contributed by atoms with Crippen molar-refractivity contribution in [1.29, 1.82) is 0 Å². The third-order valence-corrected chi connectivity index (χ3v) is 4.18. The summed E-state index contributed by atoms with van der Waals surface area (Å²) in [5.74, 6) is 2.34. The summed E-state index contributed by atoms with van der Waals surface area (Å²) >= 11 is 2.09. The van der Waals surface area contributed by atoms with Crippen LogP contribution in [0.2, 0.25) is 0 Å². The fraction of sp³-hybridized carbons (Fsp3) is 0.700. The lowest BCUT2D eigenvalue weighted by atomic mass is 10.1. The zero-order valence-electron chi connectivity index (χ0n) is 8.55. The van der Waals surface area contributed by atoms with E-state index in [1.54, 1.807) is 6.20 Å². The Kier molecular flexibility index (Phi) is 3.13. The van der Waals surface area contributed by atoms with Crippen molar-refractivity contribution in [2.45, 2.75) is 31.1 Å².